The summed E-state index contributed by atoms with van der Waals surface area (Å²) < 4.78 is 8.60. The van der Waals surface area contributed by atoms with Crippen LogP contribution in [-0.4, -0.2) is 17.1 Å². The van der Waals surface area contributed by atoms with Gasteiger partial charge in [0, 0.05) is 10.6 Å². The Balaban J connectivity index is 1.95. The third kappa shape index (κ3) is 4.90. The van der Waals surface area contributed by atoms with Gasteiger partial charge < -0.3 is 9.30 Å². The molecule has 0 aliphatic rings. The lowest BCUT2D eigenvalue weighted by molar-refractivity contribution is 0.0997. The van der Waals surface area contributed by atoms with Gasteiger partial charge in [-0.2, -0.15) is 4.99 Å². The van der Waals surface area contributed by atoms with Gasteiger partial charge in [0.2, 0.25) is 0 Å². The molecule has 6 heteroatoms. The van der Waals surface area contributed by atoms with Crippen molar-refractivity contribution < 1.29 is 9.53 Å². The minimum absolute atomic E-state index is 0.313. The van der Waals surface area contributed by atoms with Crippen molar-refractivity contribution in [1.82, 2.24) is 4.57 Å². The van der Waals surface area contributed by atoms with Gasteiger partial charge in [-0.1, -0.05) is 54.7 Å². The van der Waals surface area contributed by atoms with E-state index in [9.17, 15) is 4.79 Å². The van der Waals surface area contributed by atoms with Crippen molar-refractivity contribution >= 4 is 39.1 Å². The fraction of sp³-hybridized carbons (Fsp3) is 0.304. The molecule has 29 heavy (non-hydrogen) atoms. The molecule has 0 radical (unpaired) electrons. The smallest absolute Gasteiger partial charge is 0.279 e. The van der Waals surface area contributed by atoms with E-state index in [-0.39, 0.29) is 5.91 Å². The van der Waals surface area contributed by atoms with E-state index in [2.05, 4.69) is 17.8 Å². The van der Waals surface area contributed by atoms with E-state index >= 15 is 0 Å². The highest BCUT2D eigenvalue weighted by Crippen LogP contribution is 2.27. The minimum Gasteiger partial charge on any atom is -0.494 e. The van der Waals surface area contributed by atoms with Gasteiger partial charge in [0.25, 0.3) is 5.91 Å². The first-order valence-electron chi connectivity index (χ1n) is 9.59. The maximum Gasteiger partial charge on any atom is 0.279 e. The number of benzene rings is 2. The van der Waals surface area contributed by atoms with Crippen LogP contribution in [0.15, 0.2) is 41.4 Å². The molecular weight excluding hydrogens is 404 g/mol. The number of rotatable bonds is 7. The number of unbranched alkanes of at least 4 members (excludes halogenated alkanes) is 2. The second-order valence-corrected chi connectivity index (χ2v) is 8.11. The van der Waals surface area contributed by atoms with Crippen molar-refractivity contribution in [3.8, 4) is 18.1 Å². The topological polar surface area (TPSA) is 43.6 Å². The van der Waals surface area contributed by atoms with Crippen LogP contribution in [0.2, 0.25) is 5.02 Å². The van der Waals surface area contributed by atoms with Crippen LogP contribution in [0.5, 0.6) is 5.75 Å². The standard InChI is InChI=1S/C23H23ClN2O2S/c1-4-6-7-14-28-18-10-8-9-17(15-18)22(27)25-23-26(13-5-2)21-16(3)19(24)11-12-20(21)29-23/h2,8-12,15H,4,6-7,13-14H2,1,3H3. The zero-order valence-corrected chi connectivity index (χ0v) is 18.1. The summed E-state index contributed by atoms with van der Waals surface area (Å²) in [7, 11) is 0. The van der Waals surface area contributed by atoms with Crippen LogP contribution in [0, 0.1) is 19.3 Å². The average Bonchev–Trinajstić information content (AvgIpc) is 3.06. The van der Waals surface area contributed by atoms with Gasteiger partial charge in [0.05, 0.1) is 23.4 Å². The van der Waals surface area contributed by atoms with Crippen molar-refractivity contribution in [2.45, 2.75) is 39.7 Å². The second kappa shape index (κ2) is 9.78. The molecule has 0 bridgehead atoms. The maximum absolute atomic E-state index is 12.8. The fourth-order valence-electron chi connectivity index (χ4n) is 3.05. The molecule has 0 saturated carbocycles. The number of thiazole rings is 1. The highest BCUT2D eigenvalue weighted by Gasteiger charge is 2.13. The Morgan fingerprint density at radius 2 is 2.14 bits per heavy atom. The number of halogens is 1. The lowest BCUT2D eigenvalue weighted by Gasteiger charge is -2.06. The van der Waals surface area contributed by atoms with E-state index in [4.69, 9.17) is 22.8 Å². The van der Waals surface area contributed by atoms with Crippen LogP contribution >= 0.6 is 22.9 Å². The van der Waals surface area contributed by atoms with Crippen LogP contribution < -0.4 is 9.54 Å². The molecule has 2 aromatic carbocycles. The Hall–Kier alpha value is -2.55. The average molecular weight is 427 g/mol. The molecule has 3 rings (SSSR count). The number of ether oxygens (including phenoxy) is 1. The van der Waals surface area contributed by atoms with Crippen LogP contribution in [0.4, 0.5) is 0 Å². The van der Waals surface area contributed by atoms with E-state index in [1.165, 1.54) is 11.3 Å². The molecule has 0 saturated heterocycles. The Bertz CT molecular complexity index is 1140. The first-order chi connectivity index (χ1) is 14.0. The lowest BCUT2D eigenvalue weighted by Crippen LogP contribution is -2.17. The summed E-state index contributed by atoms with van der Waals surface area (Å²) in [5.41, 5.74) is 2.32. The highest BCUT2D eigenvalue weighted by atomic mass is 35.5. The van der Waals surface area contributed by atoms with Crippen LogP contribution in [0.1, 0.15) is 42.1 Å². The van der Waals surface area contributed by atoms with E-state index in [1.807, 2.05) is 35.8 Å². The molecule has 0 unspecified atom stereocenters. The van der Waals surface area contributed by atoms with Crippen molar-refractivity contribution in [3.05, 3.63) is 57.3 Å². The normalized spacial score (nSPS) is 11.6. The van der Waals surface area contributed by atoms with Crippen molar-refractivity contribution in [3.63, 3.8) is 0 Å². The fourth-order valence-corrected chi connectivity index (χ4v) is 4.29. The molecule has 0 aliphatic heterocycles. The van der Waals surface area contributed by atoms with Crippen LogP contribution in [-0.2, 0) is 6.54 Å². The first-order valence-corrected chi connectivity index (χ1v) is 10.8. The molecule has 150 valence electrons. The number of aryl methyl sites for hydroxylation is 1. The number of amides is 1. The van der Waals surface area contributed by atoms with Gasteiger partial charge in [0.1, 0.15) is 5.75 Å². The van der Waals surface area contributed by atoms with E-state index < -0.39 is 0 Å². The molecule has 0 N–H and O–H groups in total. The predicted molar refractivity (Wildman–Crippen MR) is 120 cm³/mol. The molecule has 3 aromatic rings. The summed E-state index contributed by atoms with van der Waals surface area (Å²) in [4.78, 5) is 17.7. The number of hydrogen-bond acceptors (Lipinski definition) is 3. The molecule has 1 amide bonds. The molecule has 1 aromatic heterocycles. The summed E-state index contributed by atoms with van der Waals surface area (Å²) in [6.45, 7) is 5.04. The summed E-state index contributed by atoms with van der Waals surface area (Å²) in [5, 5.41) is 0.659. The van der Waals surface area contributed by atoms with Crippen molar-refractivity contribution in [1.29, 1.82) is 0 Å². The van der Waals surface area contributed by atoms with Gasteiger partial charge in [-0.05, 0) is 49.2 Å². The van der Waals surface area contributed by atoms with Crippen LogP contribution in [0.3, 0.4) is 0 Å². The van der Waals surface area contributed by atoms with E-state index in [0.29, 0.717) is 34.3 Å². The van der Waals surface area contributed by atoms with E-state index in [1.54, 1.807) is 12.1 Å². The zero-order valence-electron chi connectivity index (χ0n) is 16.6. The SMILES string of the molecule is C#CCn1c(=NC(=O)c2cccc(OCCCCC)c2)sc2ccc(Cl)c(C)c21. The Morgan fingerprint density at radius 1 is 1.31 bits per heavy atom. The number of carbonyl (C=O) groups excluding carboxylic acids is 1. The Morgan fingerprint density at radius 3 is 2.90 bits per heavy atom. The summed E-state index contributed by atoms with van der Waals surface area (Å²) in [5.74, 6) is 2.99. The molecular formula is C23H23ClN2O2S. The third-order valence-corrected chi connectivity index (χ3v) is 6.03. The molecule has 0 atom stereocenters. The number of aromatic nitrogens is 1. The van der Waals surface area contributed by atoms with Crippen LogP contribution in [0.25, 0.3) is 10.2 Å². The Labute approximate surface area is 179 Å². The largest absolute Gasteiger partial charge is 0.494 e. The van der Waals surface area contributed by atoms with Gasteiger partial charge in [-0.25, -0.2) is 0 Å². The summed E-state index contributed by atoms with van der Waals surface area (Å²) >= 11 is 7.70. The number of fused-ring (bicyclic) bond motifs is 1. The minimum atomic E-state index is -0.329. The molecule has 0 spiro atoms. The lowest BCUT2D eigenvalue weighted by atomic mass is 10.2. The van der Waals surface area contributed by atoms with Crippen molar-refractivity contribution in [2.24, 2.45) is 4.99 Å². The zero-order chi connectivity index (χ0) is 20.8. The molecule has 1 heterocycles. The van der Waals surface area contributed by atoms with Gasteiger partial charge >= 0.3 is 0 Å². The third-order valence-electron chi connectivity index (χ3n) is 4.57. The monoisotopic (exact) mass is 426 g/mol. The number of nitrogens with zero attached hydrogens (tertiary/aromatic N) is 2. The summed E-state index contributed by atoms with van der Waals surface area (Å²) in [6, 6.07) is 10.9. The number of hydrogen-bond donors (Lipinski definition) is 0. The van der Waals surface area contributed by atoms with E-state index in [0.717, 1.165) is 35.0 Å². The molecule has 0 aliphatic carbocycles. The van der Waals surface area contributed by atoms with Gasteiger partial charge in [-0.3, -0.25) is 4.79 Å². The van der Waals surface area contributed by atoms with Crippen molar-refractivity contribution in [2.75, 3.05) is 6.61 Å². The molecule has 0 fully saturated rings. The number of carbonyl (C=O) groups is 1. The first kappa shape index (κ1) is 21.2. The maximum atomic E-state index is 12.8. The Kier molecular flexibility index (Phi) is 7.13. The summed E-state index contributed by atoms with van der Waals surface area (Å²) in [6.07, 6.45) is 8.81. The number of terminal acetylenes is 1. The van der Waals surface area contributed by atoms with Gasteiger partial charge in [-0.15, -0.1) is 6.42 Å². The molecule has 4 nitrogen and oxygen atoms in total. The second-order valence-electron chi connectivity index (χ2n) is 6.69. The van der Waals surface area contributed by atoms with Gasteiger partial charge in [0.15, 0.2) is 4.80 Å². The highest BCUT2D eigenvalue weighted by molar-refractivity contribution is 7.16. The predicted octanol–water partition coefficient (Wildman–Crippen LogP) is 5.61. The quantitative estimate of drug-likeness (QED) is 0.364.